The van der Waals surface area contributed by atoms with Crippen LogP contribution >= 0.6 is 0 Å². The van der Waals surface area contributed by atoms with Gasteiger partial charge in [-0.2, -0.15) is 0 Å². The summed E-state index contributed by atoms with van der Waals surface area (Å²) in [5.74, 6) is 1.70. The van der Waals surface area contributed by atoms with Crippen molar-refractivity contribution in [2.24, 2.45) is 0 Å². The normalized spacial score (nSPS) is 16.1. The van der Waals surface area contributed by atoms with Crippen molar-refractivity contribution in [3.8, 4) is 11.5 Å². The molecule has 0 bridgehead atoms. The molecule has 26 heavy (non-hydrogen) atoms. The third-order valence-corrected chi connectivity index (χ3v) is 4.76. The van der Waals surface area contributed by atoms with Crippen LogP contribution in [0.25, 0.3) is 6.08 Å². The van der Waals surface area contributed by atoms with E-state index in [9.17, 15) is 0 Å². The lowest BCUT2D eigenvalue weighted by molar-refractivity contribution is 0.137. The molecule has 0 amide bonds. The molecule has 2 aromatic rings. The molecular formula is C22H28N2O2. The minimum atomic E-state index is 0.851. The van der Waals surface area contributed by atoms with E-state index >= 15 is 0 Å². The van der Waals surface area contributed by atoms with Crippen LogP contribution in [0.4, 0.5) is 0 Å². The Hall–Kier alpha value is -2.30. The zero-order chi connectivity index (χ0) is 18.2. The molecule has 1 aliphatic rings. The molecule has 4 heteroatoms. The van der Waals surface area contributed by atoms with Crippen molar-refractivity contribution in [2.45, 2.75) is 6.54 Å². The number of methoxy groups -OCH3 is 2. The highest BCUT2D eigenvalue weighted by molar-refractivity contribution is 5.48. The SMILES string of the molecule is COc1cc(CN2CCN(CC=Cc3ccccc3)CC2)cc(OC)c1. The molecule has 0 saturated carbocycles. The molecule has 138 valence electrons. The number of nitrogens with zero attached hydrogens (tertiary/aromatic N) is 2. The molecule has 0 aliphatic carbocycles. The van der Waals surface area contributed by atoms with Crippen LogP contribution in [0.2, 0.25) is 0 Å². The fraction of sp³-hybridized carbons (Fsp3) is 0.364. The maximum atomic E-state index is 5.37. The monoisotopic (exact) mass is 352 g/mol. The van der Waals surface area contributed by atoms with Gasteiger partial charge in [-0.1, -0.05) is 42.5 Å². The largest absolute Gasteiger partial charge is 0.497 e. The first kappa shape index (κ1) is 18.5. The first-order chi connectivity index (χ1) is 12.8. The van der Waals surface area contributed by atoms with Gasteiger partial charge < -0.3 is 9.47 Å². The van der Waals surface area contributed by atoms with Gasteiger partial charge in [0.25, 0.3) is 0 Å². The Balaban J connectivity index is 1.47. The van der Waals surface area contributed by atoms with E-state index in [0.29, 0.717) is 0 Å². The average Bonchev–Trinajstić information content (AvgIpc) is 2.70. The maximum Gasteiger partial charge on any atom is 0.122 e. The number of hydrogen-bond donors (Lipinski definition) is 0. The third kappa shape index (κ3) is 5.35. The molecule has 3 rings (SSSR count). The van der Waals surface area contributed by atoms with E-state index in [1.807, 2.05) is 6.07 Å². The molecule has 0 atom stereocenters. The van der Waals surface area contributed by atoms with E-state index in [2.05, 4.69) is 64.4 Å². The molecule has 1 saturated heterocycles. The number of rotatable bonds is 7. The third-order valence-electron chi connectivity index (χ3n) is 4.76. The van der Waals surface area contributed by atoms with Gasteiger partial charge in [-0.3, -0.25) is 9.80 Å². The van der Waals surface area contributed by atoms with Gasteiger partial charge in [-0.25, -0.2) is 0 Å². The summed E-state index contributed by atoms with van der Waals surface area (Å²) < 4.78 is 10.7. The van der Waals surface area contributed by atoms with E-state index < -0.39 is 0 Å². The molecule has 0 N–H and O–H groups in total. The standard InChI is InChI=1S/C22H28N2O2/c1-25-21-15-20(16-22(17-21)26-2)18-24-13-11-23(12-14-24)10-6-9-19-7-4-3-5-8-19/h3-9,15-17H,10-14,18H2,1-2H3. The van der Waals surface area contributed by atoms with Crippen molar-refractivity contribution in [1.29, 1.82) is 0 Å². The van der Waals surface area contributed by atoms with Crippen LogP contribution in [0.15, 0.2) is 54.6 Å². The highest BCUT2D eigenvalue weighted by Gasteiger charge is 2.16. The molecule has 4 nitrogen and oxygen atoms in total. The van der Waals surface area contributed by atoms with Gasteiger partial charge in [0.2, 0.25) is 0 Å². The van der Waals surface area contributed by atoms with Crippen LogP contribution in [-0.4, -0.2) is 56.7 Å². The molecular weight excluding hydrogens is 324 g/mol. The van der Waals surface area contributed by atoms with E-state index in [1.165, 1.54) is 11.1 Å². The van der Waals surface area contributed by atoms with E-state index in [4.69, 9.17) is 9.47 Å². The Morgan fingerprint density at radius 2 is 1.46 bits per heavy atom. The van der Waals surface area contributed by atoms with Crippen molar-refractivity contribution in [1.82, 2.24) is 9.80 Å². The van der Waals surface area contributed by atoms with Gasteiger partial charge in [-0.15, -0.1) is 0 Å². The van der Waals surface area contributed by atoms with Crippen LogP contribution in [0, 0.1) is 0 Å². The van der Waals surface area contributed by atoms with Crippen LogP contribution in [0.1, 0.15) is 11.1 Å². The lowest BCUT2D eigenvalue weighted by atomic mass is 10.1. The van der Waals surface area contributed by atoms with E-state index in [-0.39, 0.29) is 0 Å². The first-order valence-electron chi connectivity index (χ1n) is 9.15. The Morgan fingerprint density at radius 3 is 2.08 bits per heavy atom. The van der Waals surface area contributed by atoms with Crippen LogP contribution in [-0.2, 0) is 6.54 Å². The van der Waals surface area contributed by atoms with Gasteiger partial charge in [0.1, 0.15) is 11.5 Å². The molecule has 0 radical (unpaired) electrons. The van der Waals surface area contributed by atoms with Gasteiger partial charge in [0, 0.05) is 45.3 Å². The quantitative estimate of drug-likeness (QED) is 0.761. The lowest BCUT2D eigenvalue weighted by Gasteiger charge is -2.34. The topological polar surface area (TPSA) is 24.9 Å². The molecule has 1 fully saturated rings. The predicted molar refractivity (Wildman–Crippen MR) is 107 cm³/mol. The summed E-state index contributed by atoms with van der Waals surface area (Å²) in [5, 5.41) is 0. The Kier molecular flexibility index (Phi) is 6.69. The Morgan fingerprint density at radius 1 is 0.846 bits per heavy atom. The maximum absolute atomic E-state index is 5.37. The van der Waals surface area contributed by atoms with Gasteiger partial charge in [-0.05, 0) is 23.3 Å². The number of hydrogen-bond acceptors (Lipinski definition) is 4. The molecule has 0 aromatic heterocycles. The number of piperazine rings is 1. The van der Waals surface area contributed by atoms with Crippen molar-refractivity contribution >= 4 is 6.08 Å². The van der Waals surface area contributed by atoms with Gasteiger partial charge in [0.05, 0.1) is 14.2 Å². The Bertz CT molecular complexity index is 685. The smallest absolute Gasteiger partial charge is 0.122 e. The summed E-state index contributed by atoms with van der Waals surface area (Å²) >= 11 is 0. The summed E-state index contributed by atoms with van der Waals surface area (Å²) in [4.78, 5) is 4.99. The van der Waals surface area contributed by atoms with Crippen LogP contribution in [0.3, 0.4) is 0 Å². The highest BCUT2D eigenvalue weighted by atomic mass is 16.5. The van der Waals surface area contributed by atoms with Crippen molar-refractivity contribution < 1.29 is 9.47 Å². The van der Waals surface area contributed by atoms with Gasteiger partial charge in [0.15, 0.2) is 0 Å². The van der Waals surface area contributed by atoms with Gasteiger partial charge >= 0.3 is 0 Å². The summed E-state index contributed by atoms with van der Waals surface area (Å²) in [6.07, 6.45) is 4.47. The summed E-state index contributed by atoms with van der Waals surface area (Å²) in [5.41, 5.74) is 2.50. The van der Waals surface area contributed by atoms with Crippen molar-refractivity contribution in [3.05, 3.63) is 65.7 Å². The fourth-order valence-corrected chi connectivity index (χ4v) is 3.25. The zero-order valence-corrected chi connectivity index (χ0v) is 15.7. The van der Waals surface area contributed by atoms with E-state index in [0.717, 1.165) is 50.8 Å². The molecule has 0 unspecified atom stereocenters. The van der Waals surface area contributed by atoms with Crippen LogP contribution < -0.4 is 9.47 Å². The minimum absolute atomic E-state index is 0.851. The number of ether oxygens (including phenoxy) is 2. The predicted octanol–water partition coefficient (Wildman–Crippen LogP) is 3.53. The number of benzene rings is 2. The second-order valence-electron chi connectivity index (χ2n) is 6.61. The second kappa shape index (κ2) is 9.41. The summed E-state index contributed by atoms with van der Waals surface area (Å²) in [6.45, 7) is 6.30. The Labute approximate surface area is 156 Å². The van der Waals surface area contributed by atoms with Crippen LogP contribution in [0.5, 0.6) is 11.5 Å². The summed E-state index contributed by atoms with van der Waals surface area (Å²) in [6, 6.07) is 16.6. The van der Waals surface area contributed by atoms with E-state index in [1.54, 1.807) is 14.2 Å². The lowest BCUT2D eigenvalue weighted by Crippen LogP contribution is -2.45. The fourth-order valence-electron chi connectivity index (χ4n) is 3.25. The van der Waals surface area contributed by atoms with Crippen molar-refractivity contribution in [2.75, 3.05) is 46.9 Å². The minimum Gasteiger partial charge on any atom is -0.497 e. The zero-order valence-electron chi connectivity index (χ0n) is 15.7. The molecule has 2 aromatic carbocycles. The van der Waals surface area contributed by atoms with Crippen molar-refractivity contribution in [3.63, 3.8) is 0 Å². The first-order valence-corrected chi connectivity index (χ1v) is 9.15. The highest BCUT2D eigenvalue weighted by Crippen LogP contribution is 2.23. The second-order valence-corrected chi connectivity index (χ2v) is 6.61. The average molecular weight is 352 g/mol. The molecule has 1 heterocycles. The molecule has 0 spiro atoms. The molecule has 1 aliphatic heterocycles. The summed E-state index contributed by atoms with van der Waals surface area (Å²) in [7, 11) is 3.39.